The fourth-order valence-electron chi connectivity index (χ4n) is 4.79. The molecule has 0 fully saturated rings. The minimum atomic E-state index is -4.93. The molecule has 0 aliphatic carbocycles. The molecule has 1 aliphatic heterocycles. The largest absolute Gasteiger partial charge is 0.469 e. The number of carbonyl (C=O) groups is 5. The van der Waals surface area contributed by atoms with Crippen LogP contribution in [0, 0.1) is 19.7 Å². The predicted octanol–water partition coefficient (Wildman–Crippen LogP) is 3.23. The second-order valence-corrected chi connectivity index (χ2v) is 11.8. The lowest BCUT2D eigenvalue weighted by Gasteiger charge is -2.23. The molecule has 0 radical (unpaired) electrons. The number of phosphoric acid groups is 1. The Labute approximate surface area is 270 Å². The average Bonchev–Trinajstić information content (AvgIpc) is 3.47. The number of Topliss-reactive ketones (excluding diaryl/α,β-unsaturated/α-hetero) is 1. The van der Waals surface area contributed by atoms with E-state index in [1.165, 1.54) is 23.1 Å². The number of halogens is 1. The highest BCUT2D eigenvalue weighted by Crippen LogP contribution is 2.36. The number of aromatic nitrogens is 1. The van der Waals surface area contributed by atoms with Gasteiger partial charge in [-0.05, 0) is 57.0 Å². The summed E-state index contributed by atoms with van der Waals surface area (Å²) in [6, 6.07) is 3.99. The summed E-state index contributed by atoms with van der Waals surface area (Å²) in [5.41, 5.74) is 3.31. The fourth-order valence-corrected chi connectivity index (χ4v) is 5.15. The van der Waals surface area contributed by atoms with E-state index in [1.54, 1.807) is 33.8 Å². The fraction of sp³-hybridized carbons (Fsp3) is 0.433. The van der Waals surface area contributed by atoms with Crippen LogP contribution >= 0.6 is 7.82 Å². The molecule has 0 saturated carbocycles. The average molecular weight is 681 g/mol. The lowest BCUT2D eigenvalue weighted by molar-refractivity contribution is -0.153. The van der Waals surface area contributed by atoms with Crippen molar-refractivity contribution < 1.29 is 56.7 Å². The van der Waals surface area contributed by atoms with E-state index < -0.39 is 63.4 Å². The van der Waals surface area contributed by atoms with Crippen LogP contribution < -0.4 is 10.6 Å². The van der Waals surface area contributed by atoms with Crippen LogP contribution in [-0.4, -0.2) is 88.3 Å². The number of esters is 1. The molecule has 17 heteroatoms. The van der Waals surface area contributed by atoms with Crippen LogP contribution in [0.2, 0.25) is 0 Å². The van der Waals surface area contributed by atoms with Gasteiger partial charge >= 0.3 is 19.9 Å². The number of phosphoric ester groups is 1. The molecule has 2 aromatic rings. The third-order valence-corrected chi connectivity index (χ3v) is 7.64. The number of nitrogens with zero attached hydrogens (tertiary/aromatic N) is 1. The number of aryl methyl sites for hydroxylation is 1. The highest BCUT2D eigenvalue weighted by Gasteiger charge is 2.27. The van der Waals surface area contributed by atoms with E-state index in [4.69, 9.17) is 19.3 Å². The number of anilines is 1. The molecule has 3 rings (SSSR count). The van der Waals surface area contributed by atoms with Crippen LogP contribution in [0.4, 0.5) is 14.9 Å². The third-order valence-electron chi connectivity index (χ3n) is 7.15. The Morgan fingerprint density at radius 3 is 2.53 bits per heavy atom. The van der Waals surface area contributed by atoms with Crippen molar-refractivity contribution >= 4 is 54.8 Å². The molecule has 2 heterocycles. The third kappa shape index (κ3) is 10.6. The number of carbonyl (C=O) groups excluding carboxylic acids is 5. The Bertz CT molecular complexity index is 1600. The van der Waals surface area contributed by atoms with Gasteiger partial charge in [-0.15, -0.1) is 0 Å². The number of nitrogens with one attached hydrogen (secondary N) is 3. The van der Waals surface area contributed by atoms with Gasteiger partial charge in [-0.1, -0.05) is 6.92 Å². The Hall–Kier alpha value is -4.37. The van der Waals surface area contributed by atoms with Gasteiger partial charge in [0.2, 0.25) is 5.91 Å². The number of aromatic amines is 1. The van der Waals surface area contributed by atoms with E-state index in [9.17, 15) is 32.9 Å². The van der Waals surface area contributed by atoms with Crippen LogP contribution in [0.25, 0.3) is 11.6 Å². The van der Waals surface area contributed by atoms with Crippen molar-refractivity contribution in [2.45, 2.75) is 53.1 Å². The van der Waals surface area contributed by atoms with Gasteiger partial charge in [-0.25, -0.2) is 13.8 Å². The van der Waals surface area contributed by atoms with Gasteiger partial charge in [0.1, 0.15) is 19.0 Å². The first-order chi connectivity index (χ1) is 22.1. The van der Waals surface area contributed by atoms with Gasteiger partial charge in [0, 0.05) is 54.1 Å². The van der Waals surface area contributed by atoms with Crippen molar-refractivity contribution in [3.8, 4) is 0 Å². The Morgan fingerprint density at radius 1 is 1.15 bits per heavy atom. The molecule has 1 aromatic carbocycles. The maximum atomic E-state index is 13.8. The van der Waals surface area contributed by atoms with E-state index in [0.717, 1.165) is 0 Å². The van der Waals surface area contributed by atoms with Crippen molar-refractivity contribution in [1.82, 2.24) is 15.2 Å². The monoisotopic (exact) mass is 680 g/mol. The summed E-state index contributed by atoms with van der Waals surface area (Å²) in [6.45, 7) is 5.13. The van der Waals surface area contributed by atoms with Crippen molar-refractivity contribution in [2.75, 3.05) is 38.2 Å². The maximum absolute atomic E-state index is 13.8. The first-order valence-electron chi connectivity index (χ1n) is 14.8. The molecular formula is C30H38FN4O11P. The molecule has 5 N–H and O–H groups in total. The molecule has 3 amide bonds. The minimum absolute atomic E-state index is 0.0632. The summed E-state index contributed by atoms with van der Waals surface area (Å²) in [7, 11) is -4.93. The highest BCUT2D eigenvalue weighted by molar-refractivity contribution is 7.46. The van der Waals surface area contributed by atoms with Gasteiger partial charge in [0.15, 0.2) is 11.9 Å². The first kappa shape index (κ1) is 37.1. The number of amides is 3. The van der Waals surface area contributed by atoms with Gasteiger partial charge in [-0.2, -0.15) is 0 Å². The van der Waals surface area contributed by atoms with Crippen LogP contribution in [0.1, 0.15) is 66.0 Å². The number of rotatable bonds is 16. The smallest absolute Gasteiger partial charge is 0.455 e. The summed E-state index contributed by atoms with van der Waals surface area (Å²) in [5, 5.41) is 4.98. The lowest BCUT2D eigenvalue weighted by atomic mass is 10.0. The molecule has 256 valence electrons. The number of hydrogen-bond acceptors (Lipinski definition) is 9. The van der Waals surface area contributed by atoms with Gasteiger partial charge < -0.3 is 39.8 Å². The molecule has 1 aromatic heterocycles. The molecule has 1 unspecified atom stereocenters. The van der Waals surface area contributed by atoms with E-state index >= 15 is 0 Å². The molecule has 15 nitrogen and oxygen atoms in total. The van der Waals surface area contributed by atoms with E-state index in [2.05, 4.69) is 20.1 Å². The van der Waals surface area contributed by atoms with Gasteiger partial charge in [-0.3, -0.25) is 23.7 Å². The SMILES string of the molecule is CCC(=O)NCC(=O)OC(COC(=O)N(CC)CCCC(=O)c1c(C)[nH]c(/C=C2\C(=O)Nc3ccc(F)cc32)c1C)COP(=O)(O)O. The summed E-state index contributed by atoms with van der Waals surface area (Å²) in [5.74, 6) is -2.44. The first-order valence-corrected chi connectivity index (χ1v) is 16.3. The Kier molecular flexibility index (Phi) is 13.0. The van der Waals surface area contributed by atoms with Crippen molar-refractivity contribution in [1.29, 1.82) is 0 Å². The maximum Gasteiger partial charge on any atom is 0.469 e. The molecule has 0 bridgehead atoms. The standard InChI is InChI=1S/C30H38FN4O11P/c1-5-26(37)32-14-27(38)46-20(16-45-47(41,42)43)15-44-30(40)35(6-2)11-7-8-25(36)28-17(3)24(33-18(28)4)13-22-21-12-19(31)9-10-23(21)34-29(22)39/h9-10,12-13,20,33H,5-8,11,14-16H2,1-4H3,(H,32,37)(H,34,39)(H2,41,42,43)/b22-13-. The highest BCUT2D eigenvalue weighted by atomic mass is 31.2. The zero-order chi connectivity index (χ0) is 34.9. The van der Waals surface area contributed by atoms with Crippen molar-refractivity contribution in [2.24, 2.45) is 0 Å². The lowest BCUT2D eigenvalue weighted by Crippen LogP contribution is -2.38. The topological polar surface area (TPSA) is 214 Å². The van der Waals surface area contributed by atoms with Crippen LogP contribution in [-0.2, 0) is 32.9 Å². The zero-order valence-electron chi connectivity index (χ0n) is 26.4. The van der Waals surface area contributed by atoms with Crippen molar-refractivity contribution in [3.63, 3.8) is 0 Å². The second kappa shape index (κ2) is 16.5. The summed E-state index contributed by atoms with van der Waals surface area (Å²) in [6.07, 6.45) is -0.195. The number of hydrogen-bond donors (Lipinski definition) is 5. The van der Waals surface area contributed by atoms with Crippen LogP contribution in [0.15, 0.2) is 18.2 Å². The molecule has 47 heavy (non-hydrogen) atoms. The summed E-state index contributed by atoms with van der Waals surface area (Å²) >= 11 is 0. The van der Waals surface area contributed by atoms with Crippen LogP contribution in [0.3, 0.4) is 0 Å². The number of benzene rings is 1. The number of ketones is 1. The van der Waals surface area contributed by atoms with Crippen LogP contribution in [0.5, 0.6) is 0 Å². The molecule has 0 spiro atoms. The van der Waals surface area contributed by atoms with E-state index in [1.807, 2.05) is 0 Å². The van der Waals surface area contributed by atoms with E-state index in [0.29, 0.717) is 33.8 Å². The molecule has 1 aliphatic rings. The number of H-pyrrole nitrogens is 1. The molecule has 0 saturated heterocycles. The minimum Gasteiger partial charge on any atom is -0.455 e. The molecular weight excluding hydrogens is 642 g/mol. The summed E-state index contributed by atoms with van der Waals surface area (Å²) < 4.78 is 39.6. The summed E-state index contributed by atoms with van der Waals surface area (Å²) in [4.78, 5) is 84.3. The number of fused-ring (bicyclic) bond motifs is 1. The van der Waals surface area contributed by atoms with Gasteiger partial charge in [0.25, 0.3) is 5.91 Å². The Balaban J connectivity index is 1.58. The molecule has 1 atom stereocenters. The Morgan fingerprint density at radius 2 is 1.87 bits per heavy atom. The quantitative estimate of drug-likeness (QED) is 0.0751. The van der Waals surface area contributed by atoms with Crippen molar-refractivity contribution in [3.05, 3.63) is 52.1 Å². The second-order valence-electron chi connectivity index (χ2n) is 10.6. The van der Waals surface area contributed by atoms with E-state index in [-0.39, 0.29) is 43.7 Å². The predicted molar refractivity (Wildman–Crippen MR) is 167 cm³/mol. The zero-order valence-corrected chi connectivity index (χ0v) is 27.3. The van der Waals surface area contributed by atoms with Gasteiger partial charge in [0.05, 0.1) is 12.2 Å². The normalized spacial score (nSPS) is 13.9. The number of ether oxygens (including phenoxy) is 2.